The Morgan fingerprint density at radius 2 is 2.24 bits per heavy atom. The number of sulfonamides is 1. The van der Waals surface area contributed by atoms with Crippen molar-refractivity contribution in [3.63, 3.8) is 0 Å². The number of hydrogen-bond acceptors (Lipinski definition) is 3. The van der Waals surface area contributed by atoms with Crippen LogP contribution >= 0.6 is 0 Å². The van der Waals surface area contributed by atoms with Gasteiger partial charge < -0.3 is 5.32 Å². The van der Waals surface area contributed by atoms with Crippen LogP contribution in [0, 0.1) is 12.7 Å². The smallest absolute Gasteiger partial charge is 0.243 e. The maximum atomic E-state index is 13.7. The van der Waals surface area contributed by atoms with E-state index in [2.05, 4.69) is 10.0 Å². The molecule has 2 rings (SSSR count). The zero-order valence-corrected chi connectivity index (χ0v) is 10.3. The highest BCUT2D eigenvalue weighted by atomic mass is 32.2. The van der Waals surface area contributed by atoms with Gasteiger partial charge in [0.05, 0.1) is 0 Å². The summed E-state index contributed by atoms with van der Waals surface area (Å²) in [7, 11) is -3.76. The fourth-order valence-corrected chi connectivity index (χ4v) is 3.29. The molecular formula is C11H15FN2O2S. The third kappa shape index (κ3) is 2.65. The van der Waals surface area contributed by atoms with Gasteiger partial charge in [-0.1, -0.05) is 12.1 Å². The summed E-state index contributed by atoms with van der Waals surface area (Å²) >= 11 is 0. The van der Waals surface area contributed by atoms with Gasteiger partial charge in [0.15, 0.2) is 0 Å². The summed E-state index contributed by atoms with van der Waals surface area (Å²) in [5.41, 5.74) is 0.331. The topological polar surface area (TPSA) is 58.2 Å². The van der Waals surface area contributed by atoms with Crippen LogP contribution in [0.15, 0.2) is 23.1 Å². The zero-order chi connectivity index (χ0) is 12.5. The SMILES string of the molecule is Cc1cccc(S(=O)(=O)NC2CCNC2)c1F. The maximum Gasteiger partial charge on any atom is 0.243 e. The lowest BCUT2D eigenvalue weighted by Crippen LogP contribution is -2.36. The third-order valence-electron chi connectivity index (χ3n) is 2.83. The van der Waals surface area contributed by atoms with E-state index in [1.807, 2.05) is 0 Å². The van der Waals surface area contributed by atoms with E-state index in [9.17, 15) is 12.8 Å². The van der Waals surface area contributed by atoms with Crippen molar-refractivity contribution in [1.82, 2.24) is 10.0 Å². The second-order valence-electron chi connectivity index (χ2n) is 4.20. The number of halogens is 1. The lowest BCUT2D eigenvalue weighted by molar-refractivity contribution is 0.540. The molecule has 17 heavy (non-hydrogen) atoms. The van der Waals surface area contributed by atoms with Crippen molar-refractivity contribution in [2.45, 2.75) is 24.3 Å². The fourth-order valence-electron chi connectivity index (χ4n) is 1.87. The Balaban J connectivity index is 2.28. The average molecular weight is 258 g/mol. The molecule has 0 spiro atoms. The van der Waals surface area contributed by atoms with Crippen molar-refractivity contribution in [2.24, 2.45) is 0 Å². The van der Waals surface area contributed by atoms with Gasteiger partial charge in [0, 0.05) is 12.6 Å². The minimum absolute atomic E-state index is 0.153. The molecule has 1 aromatic rings. The lowest BCUT2D eigenvalue weighted by Gasteiger charge is -2.13. The van der Waals surface area contributed by atoms with Crippen molar-refractivity contribution in [3.8, 4) is 0 Å². The minimum Gasteiger partial charge on any atom is -0.315 e. The van der Waals surface area contributed by atoms with E-state index in [0.29, 0.717) is 12.1 Å². The van der Waals surface area contributed by atoms with Gasteiger partial charge in [-0.2, -0.15) is 0 Å². The molecule has 1 saturated heterocycles. The molecule has 1 unspecified atom stereocenters. The second kappa shape index (κ2) is 4.72. The Kier molecular flexibility index (Phi) is 3.46. The largest absolute Gasteiger partial charge is 0.315 e. The highest BCUT2D eigenvalue weighted by Gasteiger charge is 2.25. The highest BCUT2D eigenvalue weighted by Crippen LogP contribution is 2.18. The van der Waals surface area contributed by atoms with Crippen LogP contribution in [-0.2, 0) is 10.0 Å². The molecule has 94 valence electrons. The fraction of sp³-hybridized carbons (Fsp3) is 0.455. The molecule has 1 aliphatic heterocycles. The molecular weight excluding hydrogens is 243 g/mol. The first-order valence-electron chi connectivity index (χ1n) is 5.49. The predicted molar refractivity (Wildman–Crippen MR) is 62.7 cm³/mol. The van der Waals surface area contributed by atoms with Crippen molar-refractivity contribution in [2.75, 3.05) is 13.1 Å². The summed E-state index contributed by atoms with van der Waals surface area (Å²) in [5.74, 6) is -0.675. The summed E-state index contributed by atoms with van der Waals surface area (Å²) in [6, 6.07) is 4.22. The van der Waals surface area contributed by atoms with Gasteiger partial charge in [-0.25, -0.2) is 17.5 Å². The predicted octanol–water partition coefficient (Wildman–Crippen LogP) is 0.774. The highest BCUT2D eigenvalue weighted by molar-refractivity contribution is 7.89. The van der Waals surface area contributed by atoms with Crippen LogP contribution in [-0.4, -0.2) is 27.5 Å². The number of benzene rings is 1. The van der Waals surface area contributed by atoms with Gasteiger partial charge in [-0.05, 0) is 31.5 Å². The van der Waals surface area contributed by atoms with Crippen molar-refractivity contribution >= 4 is 10.0 Å². The van der Waals surface area contributed by atoms with E-state index in [-0.39, 0.29) is 10.9 Å². The molecule has 0 aromatic heterocycles. The molecule has 0 radical (unpaired) electrons. The number of nitrogens with one attached hydrogen (secondary N) is 2. The van der Waals surface area contributed by atoms with Crippen LogP contribution < -0.4 is 10.0 Å². The summed E-state index contributed by atoms with van der Waals surface area (Å²) < 4.78 is 40.2. The minimum atomic E-state index is -3.76. The normalized spacial score (nSPS) is 20.7. The van der Waals surface area contributed by atoms with E-state index in [1.165, 1.54) is 6.07 Å². The van der Waals surface area contributed by atoms with E-state index >= 15 is 0 Å². The summed E-state index contributed by atoms with van der Waals surface area (Å²) in [4.78, 5) is -0.274. The van der Waals surface area contributed by atoms with Gasteiger partial charge in [0.1, 0.15) is 10.7 Å². The van der Waals surface area contributed by atoms with E-state index in [4.69, 9.17) is 0 Å². The van der Waals surface area contributed by atoms with E-state index in [0.717, 1.165) is 13.0 Å². The molecule has 1 fully saturated rings. The van der Waals surface area contributed by atoms with Gasteiger partial charge >= 0.3 is 0 Å². The number of rotatable bonds is 3. The summed E-state index contributed by atoms with van der Waals surface area (Å²) in [6.45, 7) is 2.92. The zero-order valence-electron chi connectivity index (χ0n) is 9.53. The molecule has 0 amide bonds. The molecule has 4 nitrogen and oxygen atoms in total. The molecule has 1 aromatic carbocycles. The first-order valence-corrected chi connectivity index (χ1v) is 6.97. The van der Waals surface area contributed by atoms with Crippen LogP contribution in [0.4, 0.5) is 4.39 Å². The Hall–Kier alpha value is -0.980. The summed E-state index contributed by atoms with van der Waals surface area (Å²) in [5, 5.41) is 3.05. The first-order chi connectivity index (χ1) is 8.00. The van der Waals surface area contributed by atoms with Crippen LogP contribution in [0.3, 0.4) is 0 Å². The molecule has 0 bridgehead atoms. The third-order valence-corrected chi connectivity index (χ3v) is 4.37. The molecule has 1 heterocycles. The van der Waals surface area contributed by atoms with Crippen LogP contribution in [0.5, 0.6) is 0 Å². The number of hydrogen-bond donors (Lipinski definition) is 2. The van der Waals surface area contributed by atoms with Crippen LogP contribution in [0.2, 0.25) is 0 Å². The van der Waals surface area contributed by atoms with Crippen molar-refractivity contribution in [1.29, 1.82) is 0 Å². The van der Waals surface area contributed by atoms with Crippen molar-refractivity contribution in [3.05, 3.63) is 29.6 Å². The maximum absolute atomic E-state index is 13.7. The van der Waals surface area contributed by atoms with E-state index < -0.39 is 15.8 Å². The second-order valence-corrected chi connectivity index (χ2v) is 5.88. The standard InChI is InChI=1S/C11H15FN2O2S/c1-8-3-2-4-10(11(8)12)17(15,16)14-9-5-6-13-7-9/h2-4,9,13-14H,5-7H2,1H3. The first kappa shape index (κ1) is 12.5. The Labute approximate surface area is 100 Å². The Morgan fingerprint density at radius 1 is 1.47 bits per heavy atom. The molecule has 2 N–H and O–H groups in total. The Morgan fingerprint density at radius 3 is 2.88 bits per heavy atom. The summed E-state index contributed by atoms with van der Waals surface area (Å²) in [6.07, 6.45) is 0.729. The Bertz CT molecular complexity index is 510. The van der Waals surface area contributed by atoms with Gasteiger partial charge in [0.25, 0.3) is 0 Å². The van der Waals surface area contributed by atoms with Gasteiger partial charge in [-0.3, -0.25) is 0 Å². The molecule has 6 heteroatoms. The molecule has 1 atom stereocenters. The van der Waals surface area contributed by atoms with Crippen LogP contribution in [0.1, 0.15) is 12.0 Å². The monoisotopic (exact) mass is 258 g/mol. The van der Waals surface area contributed by atoms with Gasteiger partial charge in [-0.15, -0.1) is 0 Å². The quantitative estimate of drug-likeness (QED) is 0.842. The molecule has 0 aliphatic carbocycles. The van der Waals surface area contributed by atoms with E-state index in [1.54, 1.807) is 19.1 Å². The van der Waals surface area contributed by atoms with Crippen LogP contribution in [0.25, 0.3) is 0 Å². The van der Waals surface area contributed by atoms with Gasteiger partial charge in [0.2, 0.25) is 10.0 Å². The molecule has 0 saturated carbocycles. The lowest BCUT2D eigenvalue weighted by atomic mass is 10.2. The van der Waals surface area contributed by atoms with Crippen molar-refractivity contribution < 1.29 is 12.8 Å². The number of aryl methyl sites for hydroxylation is 1. The average Bonchev–Trinajstić information content (AvgIpc) is 2.73. The molecule has 1 aliphatic rings.